The molecule has 1 aromatic carbocycles. The number of nitro groups is 1. The standard InChI is InChI=1S/C14H17IN2O4/c1-9-4-6-14(7-5-9,13(18)19)16-12-3-2-10(17(20)21)8-11(12)15/h2-3,8-9,16H,4-7H2,1H3,(H,18,19). The number of non-ortho nitro benzene ring substituents is 1. The van der Waals surface area contributed by atoms with Gasteiger partial charge in [0.2, 0.25) is 0 Å². The normalized spacial score (nSPS) is 25.3. The molecule has 2 rings (SSSR count). The minimum Gasteiger partial charge on any atom is -0.480 e. The fourth-order valence-electron chi connectivity index (χ4n) is 2.62. The molecule has 0 spiro atoms. The van der Waals surface area contributed by atoms with E-state index in [0.717, 1.165) is 12.8 Å². The summed E-state index contributed by atoms with van der Waals surface area (Å²) in [5.74, 6) is -0.321. The molecule has 1 aromatic rings. The van der Waals surface area contributed by atoms with E-state index in [1.807, 2.05) is 22.6 Å². The third kappa shape index (κ3) is 3.45. The van der Waals surface area contributed by atoms with Crippen LogP contribution in [0.15, 0.2) is 18.2 Å². The summed E-state index contributed by atoms with van der Waals surface area (Å²) < 4.78 is 0.654. The average Bonchev–Trinajstić information content (AvgIpc) is 2.43. The molecule has 1 aliphatic carbocycles. The van der Waals surface area contributed by atoms with E-state index >= 15 is 0 Å². The van der Waals surface area contributed by atoms with E-state index in [-0.39, 0.29) is 5.69 Å². The number of aliphatic carboxylic acids is 1. The van der Waals surface area contributed by atoms with Crippen molar-refractivity contribution in [3.05, 3.63) is 31.9 Å². The van der Waals surface area contributed by atoms with Crippen LogP contribution in [0.3, 0.4) is 0 Å². The highest BCUT2D eigenvalue weighted by molar-refractivity contribution is 14.1. The summed E-state index contributed by atoms with van der Waals surface area (Å²) in [5.41, 5.74) is -0.326. The van der Waals surface area contributed by atoms with Crippen molar-refractivity contribution in [1.29, 1.82) is 0 Å². The molecule has 0 radical (unpaired) electrons. The minimum atomic E-state index is -0.970. The number of halogens is 1. The summed E-state index contributed by atoms with van der Waals surface area (Å²) in [5, 5.41) is 23.5. The van der Waals surface area contributed by atoms with Gasteiger partial charge in [-0.25, -0.2) is 4.79 Å². The van der Waals surface area contributed by atoms with Crippen LogP contribution in [0, 0.1) is 19.6 Å². The maximum atomic E-state index is 11.7. The van der Waals surface area contributed by atoms with Gasteiger partial charge >= 0.3 is 5.97 Å². The summed E-state index contributed by atoms with van der Waals surface area (Å²) in [6, 6.07) is 4.43. The van der Waals surface area contributed by atoms with Crippen LogP contribution in [-0.4, -0.2) is 21.5 Å². The molecule has 1 aliphatic rings. The number of nitro benzene ring substituents is 1. The van der Waals surface area contributed by atoms with Crippen LogP contribution in [0.5, 0.6) is 0 Å². The second-order valence-electron chi connectivity index (χ2n) is 5.62. The molecule has 0 heterocycles. The van der Waals surface area contributed by atoms with Gasteiger partial charge in [0.25, 0.3) is 5.69 Å². The predicted octanol–water partition coefficient (Wildman–Crippen LogP) is 3.64. The SMILES string of the molecule is CC1CCC(Nc2ccc([N+](=O)[O-])cc2I)(C(=O)O)CC1. The van der Waals surface area contributed by atoms with Gasteiger partial charge in [-0.15, -0.1) is 0 Å². The lowest BCUT2D eigenvalue weighted by Crippen LogP contribution is -2.49. The zero-order chi connectivity index (χ0) is 15.6. The van der Waals surface area contributed by atoms with Crippen LogP contribution in [0.4, 0.5) is 11.4 Å². The molecule has 0 atom stereocenters. The molecule has 1 saturated carbocycles. The number of carbonyl (C=O) groups is 1. The number of rotatable bonds is 4. The molecule has 6 nitrogen and oxygen atoms in total. The molecule has 0 saturated heterocycles. The Kier molecular flexibility index (Phi) is 4.70. The second kappa shape index (κ2) is 6.17. The van der Waals surface area contributed by atoms with Crippen molar-refractivity contribution in [1.82, 2.24) is 0 Å². The predicted molar refractivity (Wildman–Crippen MR) is 87.4 cm³/mol. The maximum Gasteiger partial charge on any atom is 0.329 e. The first-order valence-corrected chi connectivity index (χ1v) is 7.87. The van der Waals surface area contributed by atoms with Crippen LogP contribution < -0.4 is 5.32 Å². The molecule has 0 aromatic heterocycles. The van der Waals surface area contributed by atoms with Crippen LogP contribution in [0.1, 0.15) is 32.6 Å². The van der Waals surface area contributed by atoms with Crippen molar-refractivity contribution in [2.45, 2.75) is 38.1 Å². The zero-order valence-corrected chi connectivity index (χ0v) is 13.8. The monoisotopic (exact) mass is 404 g/mol. The van der Waals surface area contributed by atoms with Gasteiger partial charge in [-0.3, -0.25) is 10.1 Å². The number of anilines is 1. The molecule has 0 bridgehead atoms. The summed E-state index contributed by atoms with van der Waals surface area (Å²) in [4.78, 5) is 22.0. The summed E-state index contributed by atoms with van der Waals surface area (Å²) >= 11 is 1.99. The van der Waals surface area contributed by atoms with Gasteiger partial charge in [-0.05, 0) is 60.3 Å². The van der Waals surface area contributed by atoms with Crippen LogP contribution >= 0.6 is 22.6 Å². The van der Waals surface area contributed by atoms with Gasteiger partial charge in [-0.2, -0.15) is 0 Å². The van der Waals surface area contributed by atoms with Crippen molar-refractivity contribution in [2.24, 2.45) is 5.92 Å². The Bertz CT molecular complexity index is 568. The van der Waals surface area contributed by atoms with E-state index in [1.165, 1.54) is 12.1 Å². The van der Waals surface area contributed by atoms with Gasteiger partial charge in [0.05, 0.1) is 4.92 Å². The highest BCUT2D eigenvalue weighted by Crippen LogP contribution is 2.36. The first kappa shape index (κ1) is 16.0. The number of nitrogens with zero attached hydrogens (tertiary/aromatic N) is 1. The maximum absolute atomic E-state index is 11.7. The third-order valence-electron chi connectivity index (χ3n) is 4.07. The fraction of sp³-hybridized carbons (Fsp3) is 0.500. The first-order valence-electron chi connectivity index (χ1n) is 6.79. The highest BCUT2D eigenvalue weighted by atomic mass is 127. The Morgan fingerprint density at radius 2 is 2.10 bits per heavy atom. The van der Waals surface area contributed by atoms with Gasteiger partial charge in [0.15, 0.2) is 0 Å². The molecular weight excluding hydrogens is 387 g/mol. The Labute approximate surface area is 136 Å². The Morgan fingerprint density at radius 3 is 2.57 bits per heavy atom. The van der Waals surface area contributed by atoms with Crippen LogP contribution in [0.25, 0.3) is 0 Å². The van der Waals surface area contributed by atoms with E-state index in [1.54, 1.807) is 6.07 Å². The Balaban J connectivity index is 2.26. The van der Waals surface area contributed by atoms with Crippen molar-refractivity contribution in [3.63, 3.8) is 0 Å². The van der Waals surface area contributed by atoms with Crippen molar-refractivity contribution < 1.29 is 14.8 Å². The smallest absolute Gasteiger partial charge is 0.329 e. The zero-order valence-electron chi connectivity index (χ0n) is 11.6. The lowest BCUT2D eigenvalue weighted by atomic mass is 9.77. The number of benzene rings is 1. The Hall–Kier alpha value is -1.38. The van der Waals surface area contributed by atoms with E-state index in [2.05, 4.69) is 12.2 Å². The van der Waals surface area contributed by atoms with Crippen LogP contribution in [0.2, 0.25) is 0 Å². The fourth-order valence-corrected chi connectivity index (χ4v) is 3.26. The summed E-state index contributed by atoms with van der Waals surface area (Å²) in [6.45, 7) is 2.13. The van der Waals surface area contributed by atoms with Crippen molar-refractivity contribution in [2.75, 3.05) is 5.32 Å². The molecule has 2 N–H and O–H groups in total. The molecule has 0 amide bonds. The number of hydrogen-bond donors (Lipinski definition) is 2. The lowest BCUT2D eigenvalue weighted by molar-refractivity contribution is -0.384. The minimum absolute atomic E-state index is 0.00610. The molecule has 1 fully saturated rings. The quantitative estimate of drug-likeness (QED) is 0.454. The molecule has 7 heteroatoms. The second-order valence-corrected chi connectivity index (χ2v) is 6.78. The summed E-state index contributed by atoms with van der Waals surface area (Å²) in [7, 11) is 0. The first-order chi connectivity index (χ1) is 9.84. The number of nitrogens with one attached hydrogen (secondary N) is 1. The van der Waals surface area contributed by atoms with Gasteiger partial charge in [-0.1, -0.05) is 6.92 Å². The summed E-state index contributed by atoms with van der Waals surface area (Å²) in [6.07, 6.45) is 2.86. The van der Waals surface area contributed by atoms with Crippen LogP contribution in [-0.2, 0) is 4.79 Å². The third-order valence-corrected chi connectivity index (χ3v) is 4.97. The number of hydrogen-bond acceptors (Lipinski definition) is 4. The largest absolute Gasteiger partial charge is 0.480 e. The molecule has 0 unspecified atom stereocenters. The average molecular weight is 404 g/mol. The molecule has 114 valence electrons. The number of carboxylic acid groups (broad SMARTS) is 1. The molecule has 21 heavy (non-hydrogen) atoms. The van der Waals surface area contributed by atoms with Gasteiger partial charge in [0, 0.05) is 21.4 Å². The molecular formula is C14H17IN2O4. The van der Waals surface area contributed by atoms with Crippen molar-refractivity contribution in [3.8, 4) is 0 Å². The van der Waals surface area contributed by atoms with E-state index in [4.69, 9.17) is 0 Å². The van der Waals surface area contributed by atoms with Gasteiger partial charge in [0.1, 0.15) is 5.54 Å². The number of carboxylic acids is 1. The van der Waals surface area contributed by atoms with E-state index < -0.39 is 16.4 Å². The van der Waals surface area contributed by atoms with E-state index in [0.29, 0.717) is 28.0 Å². The molecule has 0 aliphatic heterocycles. The van der Waals surface area contributed by atoms with E-state index in [9.17, 15) is 20.0 Å². The van der Waals surface area contributed by atoms with Gasteiger partial charge < -0.3 is 10.4 Å². The highest BCUT2D eigenvalue weighted by Gasteiger charge is 2.41. The van der Waals surface area contributed by atoms with Crippen molar-refractivity contribution >= 4 is 39.9 Å². The lowest BCUT2D eigenvalue weighted by Gasteiger charge is -2.37. The topological polar surface area (TPSA) is 92.5 Å². The Morgan fingerprint density at radius 1 is 1.48 bits per heavy atom.